The number of hydrogen-bond acceptors (Lipinski definition) is 1. The Balaban J connectivity index is -0.000000173. The van der Waals surface area contributed by atoms with E-state index in [9.17, 15) is 0 Å². The second-order valence-corrected chi connectivity index (χ2v) is 3.17. The summed E-state index contributed by atoms with van der Waals surface area (Å²) < 4.78 is 0. The van der Waals surface area contributed by atoms with Gasteiger partial charge in [-0.2, -0.15) is 0 Å². The molecular formula is C10H22O2Pb. The molecule has 0 bridgehead atoms. The minimum Gasteiger partial charge on any atom is -0.481 e. The molecule has 13 heavy (non-hydrogen) atoms. The van der Waals surface area contributed by atoms with Crippen LogP contribution in [0.3, 0.4) is 0 Å². The maximum atomic E-state index is 9.00. The molecule has 0 rings (SSSR count). The van der Waals surface area contributed by atoms with Crippen LogP contribution in [0.2, 0.25) is 0 Å². The Hall–Kier alpha value is 0.392. The van der Waals surface area contributed by atoms with E-state index in [1.54, 1.807) is 0 Å². The second-order valence-electron chi connectivity index (χ2n) is 3.17. The second kappa shape index (κ2) is 14.9. The van der Waals surface area contributed by atoms with Gasteiger partial charge in [0.15, 0.2) is 0 Å². The zero-order valence-corrected chi connectivity index (χ0v) is 13.1. The number of carboxylic acids is 1. The Morgan fingerprint density at radius 3 is 2.00 bits per heavy atom. The van der Waals surface area contributed by atoms with Crippen LogP contribution in [0.1, 0.15) is 53.4 Å². The summed E-state index contributed by atoms with van der Waals surface area (Å²) in [6.45, 7) is 7.93. The third-order valence-electron chi connectivity index (χ3n) is 1.75. The molecule has 1 atom stereocenters. The molecule has 1 unspecified atom stereocenters. The first kappa shape index (κ1) is 19.0. The maximum Gasteiger partial charge on any atom is 0.300 e. The molecular weight excluding hydrogens is 359 g/mol. The van der Waals surface area contributed by atoms with E-state index < -0.39 is 5.97 Å². The summed E-state index contributed by atoms with van der Waals surface area (Å²) >= 11 is 0. The molecule has 0 aromatic carbocycles. The Morgan fingerprint density at radius 1 is 1.38 bits per heavy atom. The van der Waals surface area contributed by atoms with E-state index in [0.717, 1.165) is 12.8 Å². The van der Waals surface area contributed by atoms with Gasteiger partial charge in [-0.15, -0.1) is 0 Å². The van der Waals surface area contributed by atoms with Crippen molar-refractivity contribution in [2.24, 2.45) is 5.92 Å². The van der Waals surface area contributed by atoms with Crippen LogP contribution in [0.4, 0.5) is 0 Å². The third kappa shape index (κ3) is 32.8. The minimum absolute atomic E-state index is 0. The number of aliphatic carboxylic acids is 1. The Morgan fingerprint density at radius 2 is 1.77 bits per heavy atom. The van der Waals surface area contributed by atoms with Crippen LogP contribution in [0.15, 0.2) is 0 Å². The monoisotopic (exact) mass is 382 g/mol. The molecule has 2 nitrogen and oxygen atoms in total. The molecule has 0 saturated heterocycles. The van der Waals surface area contributed by atoms with Gasteiger partial charge >= 0.3 is 0 Å². The van der Waals surface area contributed by atoms with E-state index in [4.69, 9.17) is 9.90 Å². The number of unbranched alkanes of at least 4 members (excludes halogenated alkanes) is 1. The molecule has 0 saturated carbocycles. The van der Waals surface area contributed by atoms with Crippen molar-refractivity contribution in [1.29, 1.82) is 0 Å². The van der Waals surface area contributed by atoms with Crippen LogP contribution < -0.4 is 0 Å². The van der Waals surface area contributed by atoms with Crippen LogP contribution in [-0.4, -0.2) is 38.4 Å². The van der Waals surface area contributed by atoms with Gasteiger partial charge in [0, 0.05) is 34.2 Å². The Bertz CT molecular complexity index is 101. The molecule has 0 aliphatic carbocycles. The molecule has 1 N–H and O–H groups in total. The fraction of sp³-hybridized carbons (Fsp3) is 0.900. The van der Waals surface area contributed by atoms with Crippen LogP contribution in [0.25, 0.3) is 0 Å². The Kier molecular flexibility index (Phi) is 21.8. The minimum atomic E-state index is -0.833. The zero-order valence-electron chi connectivity index (χ0n) is 9.26. The molecule has 0 fully saturated rings. The van der Waals surface area contributed by atoms with Crippen LogP contribution in [-0.2, 0) is 4.79 Å². The summed E-state index contributed by atoms with van der Waals surface area (Å²) in [4.78, 5) is 9.00. The van der Waals surface area contributed by atoms with Crippen molar-refractivity contribution in [2.75, 3.05) is 0 Å². The van der Waals surface area contributed by atoms with Crippen LogP contribution in [0.5, 0.6) is 0 Å². The molecule has 0 amide bonds. The third-order valence-corrected chi connectivity index (χ3v) is 1.75. The number of carbonyl (C=O) groups is 1. The average Bonchev–Trinajstić information content (AvgIpc) is 1.99. The molecule has 0 heterocycles. The van der Waals surface area contributed by atoms with Gasteiger partial charge in [0.25, 0.3) is 5.97 Å². The van der Waals surface area contributed by atoms with Crippen molar-refractivity contribution in [3.8, 4) is 0 Å². The van der Waals surface area contributed by atoms with Crippen molar-refractivity contribution in [3.63, 3.8) is 0 Å². The van der Waals surface area contributed by atoms with Gasteiger partial charge in [0.05, 0.1) is 0 Å². The predicted octanol–water partition coefficient (Wildman–Crippen LogP) is 2.93. The van der Waals surface area contributed by atoms with E-state index in [0.29, 0.717) is 0 Å². The van der Waals surface area contributed by atoms with Crippen molar-refractivity contribution >= 4 is 33.3 Å². The fourth-order valence-electron chi connectivity index (χ4n) is 0.757. The fourth-order valence-corrected chi connectivity index (χ4v) is 0.757. The van der Waals surface area contributed by atoms with Crippen molar-refractivity contribution in [2.45, 2.75) is 53.4 Å². The van der Waals surface area contributed by atoms with Gasteiger partial charge in [-0.3, -0.25) is 4.79 Å². The molecule has 0 spiro atoms. The van der Waals surface area contributed by atoms with Gasteiger partial charge in [0.1, 0.15) is 0 Å². The zero-order chi connectivity index (χ0) is 9.98. The SMILES string of the molecule is CC(=O)O.CCCCC(C)CC.[Pb]. The van der Waals surface area contributed by atoms with Gasteiger partial charge < -0.3 is 5.11 Å². The normalized spacial score (nSPS) is 10.5. The first-order valence-electron chi connectivity index (χ1n) is 4.74. The molecule has 78 valence electrons. The molecule has 0 aliphatic rings. The summed E-state index contributed by atoms with van der Waals surface area (Å²) in [5.74, 6) is 0.120. The Labute approximate surface area is 102 Å². The van der Waals surface area contributed by atoms with E-state index in [-0.39, 0.29) is 27.3 Å². The topological polar surface area (TPSA) is 37.3 Å². The first-order valence-corrected chi connectivity index (χ1v) is 4.74. The van der Waals surface area contributed by atoms with Crippen molar-refractivity contribution in [3.05, 3.63) is 0 Å². The maximum absolute atomic E-state index is 9.00. The van der Waals surface area contributed by atoms with Crippen LogP contribution >= 0.6 is 0 Å². The molecule has 0 aliphatic heterocycles. The largest absolute Gasteiger partial charge is 0.481 e. The number of carboxylic acid groups (broad SMARTS) is 1. The van der Waals surface area contributed by atoms with E-state index in [2.05, 4.69) is 20.8 Å². The summed E-state index contributed by atoms with van der Waals surface area (Å²) in [7, 11) is 0. The molecule has 0 aromatic heterocycles. The standard InChI is InChI=1S/C8H18.C2H4O2.Pb/c1-4-6-7-8(3)5-2;1-2(3)4;/h8H,4-7H2,1-3H3;1H3,(H,3,4);. The van der Waals surface area contributed by atoms with Gasteiger partial charge in [0.2, 0.25) is 0 Å². The predicted molar refractivity (Wildman–Crippen MR) is 58.0 cm³/mol. The van der Waals surface area contributed by atoms with Gasteiger partial charge in [-0.1, -0.05) is 46.5 Å². The van der Waals surface area contributed by atoms with E-state index >= 15 is 0 Å². The molecule has 3 heteroatoms. The summed E-state index contributed by atoms with van der Waals surface area (Å²) in [6.07, 6.45) is 5.53. The van der Waals surface area contributed by atoms with Gasteiger partial charge in [-0.05, 0) is 5.92 Å². The first-order chi connectivity index (χ1) is 5.54. The van der Waals surface area contributed by atoms with Crippen molar-refractivity contribution in [1.82, 2.24) is 0 Å². The number of hydrogen-bond donors (Lipinski definition) is 1. The average molecular weight is 381 g/mol. The number of rotatable bonds is 4. The smallest absolute Gasteiger partial charge is 0.300 e. The van der Waals surface area contributed by atoms with Crippen molar-refractivity contribution < 1.29 is 9.90 Å². The van der Waals surface area contributed by atoms with Gasteiger partial charge in [-0.25, -0.2) is 0 Å². The quantitative estimate of drug-likeness (QED) is 0.761. The molecule has 0 aromatic rings. The van der Waals surface area contributed by atoms with Crippen LogP contribution in [0, 0.1) is 5.92 Å². The summed E-state index contributed by atoms with van der Waals surface area (Å²) in [6, 6.07) is 0. The van der Waals surface area contributed by atoms with E-state index in [1.165, 1.54) is 25.7 Å². The van der Waals surface area contributed by atoms with E-state index in [1.807, 2.05) is 0 Å². The summed E-state index contributed by atoms with van der Waals surface area (Å²) in [5.41, 5.74) is 0. The molecule has 4 radical (unpaired) electrons. The summed E-state index contributed by atoms with van der Waals surface area (Å²) in [5, 5.41) is 7.42.